The van der Waals surface area contributed by atoms with Crippen molar-refractivity contribution in [3.63, 3.8) is 0 Å². The lowest BCUT2D eigenvalue weighted by atomic mass is 10.1. The minimum absolute atomic E-state index is 0.719. The van der Waals surface area contributed by atoms with Crippen molar-refractivity contribution in [3.05, 3.63) is 50.9 Å². The second kappa shape index (κ2) is 6.01. The molecule has 0 aliphatic rings. The highest BCUT2D eigenvalue weighted by atomic mass is 32.1. The minimum Gasteiger partial charge on any atom is -0.398 e. The number of hydrogen-bond acceptors (Lipinski definition) is 4. The Bertz CT molecular complexity index is 658. The predicted octanol–water partition coefficient (Wildman–Crippen LogP) is 4.08. The second-order valence-corrected chi connectivity index (χ2v) is 6.11. The molecule has 2 aromatic heterocycles. The van der Waals surface area contributed by atoms with E-state index in [1.54, 1.807) is 17.6 Å². The van der Waals surface area contributed by atoms with Crippen molar-refractivity contribution in [1.29, 1.82) is 0 Å². The van der Waals surface area contributed by atoms with Crippen LogP contribution in [0.2, 0.25) is 0 Å². The van der Waals surface area contributed by atoms with E-state index in [1.807, 2.05) is 25.1 Å². The zero-order chi connectivity index (χ0) is 14.7. The summed E-state index contributed by atoms with van der Waals surface area (Å²) in [5.74, 6) is 0.719. The van der Waals surface area contributed by atoms with E-state index in [0.29, 0.717) is 0 Å². The average Bonchev–Trinajstić information content (AvgIpc) is 2.82. The Morgan fingerprint density at radius 1 is 1.25 bits per heavy atom. The summed E-state index contributed by atoms with van der Waals surface area (Å²) in [5.41, 5.74) is 10.2. The molecule has 0 unspecified atom stereocenters. The van der Waals surface area contributed by atoms with Crippen LogP contribution >= 0.6 is 11.3 Å². The molecule has 0 atom stereocenters. The maximum Gasteiger partial charge on any atom is 0.152 e. The van der Waals surface area contributed by atoms with Crippen LogP contribution in [0.3, 0.4) is 0 Å². The smallest absolute Gasteiger partial charge is 0.152 e. The molecule has 2 aromatic rings. The van der Waals surface area contributed by atoms with Gasteiger partial charge in [0.1, 0.15) is 0 Å². The third-order valence-electron chi connectivity index (χ3n) is 3.25. The van der Waals surface area contributed by atoms with Gasteiger partial charge < -0.3 is 5.73 Å². The fourth-order valence-electron chi connectivity index (χ4n) is 1.81. The number of aryl methyl sites for hydroxylation is 3. The molecule has 0 bridgehead atoms. The first-order chi connectivity index (χ1) is 9.47. The van der Waals surface area contributed by atoms with Crippen LogP contribution in [0.25, 0.3) is 5.70 Å². The predicted molar refractivity (Wildman–Crippen MR) is 87.8 cm³/mol. The van der Waals surface area contributed by atoms with Gasteiger partial charge in [-0.05, 0) is 63.1 Å². The van der Waals surface area contributed by atoms with Crippen LogP contribution in [-0.2, 0) is 0 Å². The molecule has 0 saturated heterocycles. The molecule has 0 fully saturated rings. The number of allylic oxidation sites excluding steroid dienone is 1. The van der Waals surface area contributed by atoms with Crippen molar-refractivity contribution in [1.82, 2.24) is 4.98 Å². The maximum absolute atomic E-state index is 6.02. The van der Waals surface area contributed by atoms with Gasteiger partial charge in [-0.25, -0.2) is 9.98 Å². The Balaban J connectivity index is 2.18. The minimum atomic E-state index is 0.719. The van der Waals surface area contributed by atoms with E-state index in [2.05, 4.69) is 36.8 Å². The highest BCUT2D eigenvalue weighted by Gasteiger charge is 2.01. The lowest BCUT2D eigenvalue weighted by molar-refractivity contribution is 1.11. The zero-order valence-electron chi connectivity index (χ0n) is 12.3. The Kier molecular flexibility index (Phi) is 4.35. The number of aliphatic imine (C=N–C) groups is 1. The number of aromatic nitrogens is 1. The first-order valence-corrected chi connectivity index (χ1v) is 7.30. The molecular weight excluding hydrogens is 266 g/mol. The average molecular weight is 285 g/mol. The van der Waals surface area contributed by atoms with Crippen molar-refractivity contribution < 1.29 is 0 Å². The molecule has 2 N–H and O–H groups in total. The monoisotopic (exact) mass is 285 g/mol. The molecule has 0 spiro atoms. The Hall–Kier alpha value is -1.94. The van der Waals surface area contributed by atoms with Gasteiger partial charge in [0.2, 0.25) is 0 Å². The van der Waals surface area contributed by atoms with E-state index >= 15 is 0 Å². The molecule has 0 aliphatic carbocycles. The third-order valence-corrected chi connectivity index (χ3v) is 4.30. The fraction of sp³-hybridized carbons (Fsp3) is 0.250. The quantitative estimate of drug-likeness (QED) is 0.864. The van der Waals surface area contributed by atoms with Crippen LogP contribution in [0.1, 0.15) is 26.6 Å². The van der Waals surface area contributed by atoms with Gasteiger partial charge in [0.25, 0.3) is 0 Å². The number of pyridine rings is 1. The molecular formula is C16H19N3S. The molecule has 0 amide bonds. The summed E-state index contributed by atoms with van der Waals surface area (Å²) in [6, 6.07) is 6.07. The molecule has 0 saturated carbocycles. The summed E-state index contributed by atoms with van der Waals surface area (Å²) in [6.45, 7) is 8.21. The fourth-order valence-corrected chi connectivity index (χ4v) is 2.61. The van der Waals surface area contributed by atoms with Crippen LogP contribution in [0.4, 0.5) is 5.82 Å². The van der Waals surface area contributed by atoms with E-state index < -0.39 is 0 Å². The summed E-state index contributed by atoms with van der Waals surface area (Å²) in [5, 5.41) is 0. The maximum atomic E-state index is 6.02. The molecule has 3 nitrogen and oxygen atoms in total. The second-order valence-electron chi connectivity index (χ2n) is 4.82. The van der Waals surface area contributed by atoms with E-state index in [4.69, 9.17) is 5.73 Å². The number of thiophene rings is 1. The molecule has 104 valence electrons. The summed E-state index contributed by atoms with van der Waals surface area (Å²) in [6.07, 6.45) is 3.53. The van der Waals surface area contributed by atoms with E-state index in [1.165, 1.54) is 16.0 Å². The van der Waals surface area contributed by atoms with Crippen LogP contribution < -0.4 is 5.73 Å². The molecule has 0 aromatic carbocycles. The summed E-state index contributed by atoms with van der Waals surface area (Å²) in [4.78, 5) is 11.1. The largest absolute Gasteiger partial charge is 0.398 e. The topological polar surface area (TPSA) is 51.3 Å². The Morgan fingerprint density at radius 2 is 2.00 bits per heavy atom. The summed E-state index contributed by atoms with van der Waals surface area (Å²) < 4.78 is 0. The third kappa shape index (κ3) is 3.33. The van der Waals surface area contributed by atoms with Gasteiger partial charge in [-0.15, -0.1) is 11.3 Å². The molecule has 4 heteroatoms. The molecule has 0 radical (unpaired) electrons. The van der Waals surface area contributed by atoms with Gasteiger partial charge in [-0.1, -0.05) is 0 Å². The first-order valence-electron chi connectivity index (χ1n) is 6.49. The van der Waals surface area contributed by atoms with Crippen molar-refractivity contribution in [2.24, 2.45) is 10.7 Å². The number of hydrogen-bond donors (Lipinski definition) is 1. The lowest BCUT2D eigenvalue weighted by Crippen LogP contribution is -1.93. The van der Waals surface area contributed by atoms with Gasteiger partial charge in [-0.2, -0.15) is 0 Å². The first kappa shape index (κ1) is 14.5. The van der Waals surface area contributed by atoms with E-state index in [9.17, 15) is 0 Å². The number of nitrogens with zero attached hydrogens (tertiary/aromatic N) is 2. The lowest BCUT2D eigenvalue weighted by Gasteiger charge is -2.04. The van der Waals surface area contributed by atoms with Crippen molar-refractivity contribution in [3.8, 4) is 0 Å². The standard InChI is InChI=1S/C16H19N3S/c1-10-9-16(19-13(4)12(10)3)18-8-7-14(17)15-6-5-11(2)20-15/h5-9H,17H2,1-4H3/b14-7-,18-8?. The number of nitrogens with two attached hydrogens (primary N) is 1. The van der Waals surface area contributed by atoms with Gasteiger partial charge in [-0.3, -0.25) is 0 Å². The van der Waals surface area contributed by atoms with Gasteiger partial charge in [0, 0.05) is 16.8 Å². The normalized spacial score (nSPS) is 12.3. The number of rotatable bonds is 3. The molecule has 2 heterocycles. The molecule has 2 rings (SSSR count). The van der Waals surface area contributed by atoms with E-state index in [-0.39, 0.29) is 0 Å². The van der Waals surface area contributed by atoms with Crippen molar-refractivity contribution >= 4 is 29.1 Å². The Labute approximate surface area is 123 Å². The SMILES string of the molecule is Cc1ccc(/C(N)=C/C=Nc2cc(C)c(C)c(C)n2)s1. The van der Waals surface area contributed by atoms with Gasteiger partial charge in [0.05, 0.1) is 10.6 Å². The zero-order valence-corrected chi connectivity index (χ0v) is 13.1. The Morgan fingerprint density at radius 3 is 2.60 bits per heavy atom. The van der Waals surface area contributed by atoms with Crippen molar-refractivity contribution in [2.45, 2.75) is 27.7 Å². The highest BCUT2D eigenvalue weighted by Crippen LogP contribution is 2.20. The molecule has 0 aliphatic heterocycles. The van der Waals surface area contributed by atoms with E-state index in [0.717, 1.165) is 22.1 Å². The van der Waals surface area contributed by atoms with Crippen LogP contribution in [0.15, 0.2) is 29.3 Å². The molecule has 20 heavy (non-hydrogen) atoms. The van der Waals surface area contributed by atoms with Crippen LogP contribution in [-0.4, -0.2) is 11.2 Å². The van der Waals surface area contributed by atoms with Crippen LogP contribution in [0.5, 0.6) is 0 Å². The van der Waals surface area contributed by atoms with Gasteiger partial charge >= 0.3 is 0 Å². The van der Waals surface area contributed by atoms with Crippen molar-refractivity contribution in [2.75, 3.05) is 0 Å². The van der Waals surface area contributed by atoms with Gasteiger partial charge in [0.15, 0.2) is 5.82 Å². The van der Waals surface area contributed by atoms with Crippen LogP contribution in [0, 0.1) is 27.7 Å². The highest BCUT2D eigenvalue weighted by molar-refractivity contribution is 7.13. The summed E-state index contributed by atoms with van der Waals surface area (Å²) in [7, 11) is 0. The summed E-state index contributed by atoms with van der Waals surface area (Å²) >= 11 is 1.68.